The van der Waals surface area contributed by atoms with Gasteiger partial charge in [0.1, 0.15) is 5.69 Å². The molecular formula is C19H19N3. The summed E-state index contributed by atoms with van der Waals surface area (Å²) in [6.45, 7) is 2.17. The van der Waals surface area contributed by atoms with Gasteiger partial charge in [-0.05, 0) is 19.3 Å². The minimum absolute atomic E-state index is 0.969. The number of fused-ring (bicyclic) bond motifs is 1. The lowest BCUT2D eigenvalue weighted by atomic mass is 10.0. The lowest BCUT2D eigenvalue weighted by Crippen LogP contribution is -2.30. The standard InChI is InChI=1S/C19H19N3/c1-3-9-15(10-4-1)18-16-11-5-6-12-17(16)19(21-20-18)22-13-7-2-8-14-22/h1,3-6,9-12H,2,7-8,13-14H2. The number of aromatic nitrogens is 2. The predicted octanol–water partition coefficient (Wildman–Crippen LogP) is 4.29. The fraction of sp³-hybridized carbons (Fsp3) is 0.263. The van der Waals surface area contributed by atoms with E-state index in [0.717, 1.165) is 30.2 Å². The third kappa shape index (κ3) is 2.33. The van der Waals surface area contributed by atoms with Crippen molar-refractivity contribution in [1.82, 2.24) is 10.2 Å². The van der Waals surface area contributed by atoms with Crippen molar-refractivity contribution in [3.05, 3.63) is 54.6 Å². The maximum atomic E-state index is 4.58. The molecule has 0 unspecified atom stereocenters. The number of hydrogen-bond acceptors (Lipinski definition) is 3. The van der Waals surface area contributed by atoms with E-state index in [0.29, 0.717) is 0 Å². The molecule has 0 bridgehead atoms. The van der Waals surface area contributed by atoms with Gasteiger partial charge in [-0.1, -0.05) is 54.6 Å². The molecule has 0 spiro atoms. The van der Waals surface area contributed by atoms with Gasteiger partial charge < -0.3 is 4.90 Å². The van der Waals surface area contributed by atoms with Crippen LogP contribution in [0.1, 0.15) is 19.3 Å². The lowest BCUT2D eigenvalue weighted by Gasteiger charge is -2.28. The summed E-state index contributed by atoms with van der Waals surface area (Å²) in [6.07, 6.45) is 3.82. The van der Waals surface area contributed by atoms with E-state index in [1.807, 2.05) is 18.2 Å². The molecule has 2 heterocycles. The monoisotopic (exact) mass is 289 g/mol. The highest BCUT2D eigenvalue weighted by molar-refractivity contribution is 6.00. The Hall–Kier alpha value is -2.42. The molecule has 0 N–H and O–H groups in total. The molecule has 0 amide bonds. The fourth-order valence-electron chi connectivity index (χ4n) is 3.24. The molecule has 0 radical (unpaired) electrons. The Morgan fingerprint density at radius 1 is 0.682 bits per heavy atom. The van der Waals surface area contributed by atoms with E-state index in [1.165, 1.54) is 30.0 Å². The van der Waals surface area contributed by atoms with Gasteiger partial charge >= 0.3 is 0 Å². The average molecular weight is 289 g/mol. The van der Waals surface area contributed by atoms with Crippen LogP contribution in [0.4, 0.5) is 5.82 Å². The second kappa shape index (κ2) is 5.76. The van der Waals surface area contributed by atoms with E-state index in [9.17, 15) is 0 Å². The lowest BCUT2D eigenvalue weighted by molar-refractivity contribution is 0.573. The van der Waals surface area contributed by atoms with Crippen LogP contribution in [0.15, 0.2) is 54.6 Å². The molecule has 4 rings (SSSR count). The molecule has 1 fully saturated rings. The summed E-state index contributed by atoms with van der Waals surface area (Å²) in [4.78, 5) is 2.38. The average Bonchev–Trinajstić information content (AvgIpc) is 2.62. The van der Waals surface area contributed by atoms with Gasteiger partial charge in [-0.3, -0.25) is 0 Å². The van der Waals surface area contributed by atoms with Crippen LogP contribution in [0.5, 0.6) is 0 Å². The first kappa shape index (κ1) is 13.3. The van der Waals surface area contributed by atoms with E-state index in [-0.39, 0.29) is 0 Å². The molecule has 2 aromatic carbocycles. The third-order valence-corrected chi connectivity index (χ3v) is 4.37. The Morgan fingerprint density at radius 2 is 1.36 bits per heavy atom. The van der Waals surface area contributed by atoms with Gasteiger partial charge in [0.2, 0.25) is 0 Å². The summed E-state index contributed by atoms with van der Waals surface area (Å²) < 4.78 is 0. The van der Waals surface area contributed by atoms with Gasteiger partial charge in [0.15, 0.2) is 5.82 Å². The van der Waals surface area contributed by atoms with Gasteiger partial charge in [0.25, 0.3) is 0 Å². The zero-order chi connectivity index (χ0) is 14.8. The quantitative estimate of drug-likeness (QED) is 0.705. The summed E-state index contributed by atoms with van der Waals surface area (Å²) >= 11 is 0. The molecule has 0 aliphatic carbocycles. The maximum absolute atomic E-state index is 4.58. The van der Waals surface area contributed by atoms with E-state index in [1.54, 1.807) is 0 Å². The molecule has 1 saturated heterocycles. The second-order valence-corrected chi connectivity index (χ2v) is 5.83. The van der Waals surface area contributed by atoms with Crippen molar-refractivity contribution in [1.29, 1.82) is 0 Å². The van der Waals surface area contributed by atoms with Gasteiger partial charge in [0.05, 0.1) is 0 Å². The Morgan fingerprint density at radius 3 is 2.14 bits per heavy atom. The minimum Gasteiger partial charge on any atom is -0.355 e. The molecule has 3 aromatic rings. The molecule has 110 valence electrons. The van der Waals surface area contributed by atoms with Crippen molar-refractivity contribution >= 4 is 16.6 Å². The first-order chi connectivity index (χ1) is 10.9. The number of piperidine rings is 1. The predicted molar refractivity (Wildman–Crippen MR) is 91.0 cm³/mol. The molecule has 1 aromatic heterocycles. The van der Waals surface area contributed by atoms with Crippen molar-refractivity contribution in [3.63, 3.8) is 0 Å². The highest BCUT2D eigenvalue weighted by Crippen LogP contribution is 2.32. The summed E-state index contributed by atoms with van der Waals surface area (Å²) in [7, 11) is 0. The van der Waals surface area contributed by atoms with Crippen LogP contribution >= 0.6 is 0 Å². The van der Waals surface area contributed by atoms with E-state index in [4.69, 9.17) is 0 Å². The SMILES string of the molecule is c1ccc(-c2nnc(N3CCCCC3)c3ccccc23)cc1. The van der Waals surface area contributed by atoms with Crippen molar-refractivity contribution < 1.29 is 0 Å². The van der Waals surface area contributed by atoms with Crippen LogP contribution in [-0.2, 0) is 0 Å². The van der Waals surface area contributed by atoms with Crippen molar-refractivity contribution in [2.45, 2.75) is 19.3 Å². The molecule has 1 aliphatic heterocycles. The first-order valence-corrected chi connectivity index (χ1v) is 7.99. The Labute approximate surface area is 130 Å². The molecule has 0 saturated carbocycles. The normalized spacial score (nSPS) is 15.2. The maximum Gasteiger partial charge on any atom is 0.159 e. The number of benzene rings is 2. The topological polar surface area (TPSA) is 29.0 Å². The van der Waals surface area contributed by atoms with Gasteiger partial charge in [0, 0.05) is 29.4 Å². The minimum atomic E-state index is 0.969. The Bertz CT molecular complexity index is 777. The molecule has 3 heteroatoms. The number of nitrogens with zero attached hydrogens (tertiary/aromatic N) is 3. The molecule has 22 heavy (non-hydrogen) atoms. The van der Waals surface area contributed by atoms with Gasteiger partial charge in [-0.15, -0.1) is 10.2 Å². The molecule has 1 aliphatic rings. The van der Waals surface area contributed by atoms with Crippen LogP contribution in [-0.4, -0.2) is 23.3 Å². The second-order valence-electron chi connectivity index (χ2n) is 5.83. The smallest absolute Gasteiger partial charge is 0.159 e. The van der Waals surface area contributed by atoms with E-state index in [2.05, 4.69) is 51.5 Å². The molecule has 3 nitrogen and oxygen atoms in total. The van der Waals surface area contributed by atoms with E-state index < -0.39 is 0 Å². The van der Waals surface area contributed by atoms with E-state index >= 15 is 0 Å². The van der Waals surface area contributed by atoms with Crippen molar-refractivity contribution in [2.75, 3.05) is 18.0 Å². The Kier molecular flexibility index (Phi) is 3.47. The van der Waals surface area contributed by atoms with Crippen LogP contribution in [0, 0.1) is 0 Å². The van der Waals surface area contributed by atoms with Gasteiger partial charge in [-0.25, -0.2) is 0 Å². The number of anilines is 1. The molecule has 0 atom stereocenters. The number of hydrogen-bond donors (Lipinski definition) is 0. The third-order valence-electron chi connectivity index (χ3n) is 4.37. The number of rotatable bonds is 2. The van der Waals surface area contributed by atoms with Crippen molar-refractivity contribution in [2.24, 2.45) is 0 Å². The zero-order valence-electron chi connectivity index (χ0n) is 12.6. The van der Waals surface area contributed by atoms with Crippen LogP contribution < -0.4 is 4.90 Å². The first-order valence-electron chi connectivity index (χ1n) is 7.99. The summed E-state index contributed by atoms with van der Waals surface area (Å²) in [5, 5.41) is 11.5. The molecular weight excluding hydrogens is 270 g/mol. The largest absolute Gasteiger partial charge is 0.355 e. The van der Waals surface area contributed by atoms with Crippen LogP contribution in [0.2, 0.25) is 0 Å². The summed E-state index contributed by atoms with van der Waals surface area (Å²) in [5.41, 5.74) is 2.09. The zero-order valence-corrected chi connectivity index (χ0v) is 12.6. The van der Waals surface area contributed by atoms with Gasteiger partial charge in [-0.2, -0.15) is 0 Å². The summed E-state index contributed by atoms with van der Waals surface area (Å²) in [6, 6.07) is 18.8. The highest BCUT2D eigenvalue weighted by atomic mass is 15.3. The van der Waals surface area contributed by atoms with Crippen molar-refractivity contribution in [3.8, 4) is 11.3 Å². The highest BCUT2D eigenvalue weighted by Gasteiger charge is 2.17. The fourth-order valence-corrected chi connectivity index (χ4v) is 3.24. The Balaban J connectivity index is 1.88. The summed E-state index contributed by atoms with van der Waals surface area (Å²) in [5.74, 6) is 1.04. The van der Waals surface area contributed by atoms with Crippen LogP contribution in [0.3, 0.4) is 0 Å². The van der Waals surface area contributed by atoms with Crippen LogP contribution in [0.25, 0.3) is 22.0 Å².